The number of nitrogens with one attached hydrogen (secondary N) is 1. The molecule has 114 valence electrons. The van der Waals surface area contributed by atoms with E-state index in [-0.39, 0.29) is 0 Å². The Labute approximate surface area is 128 Å². The van der Waals surface area contributed by atoms with Gasteiger partial charge in [-0.25, -0.2) is 9.97 Å². The number of nitrogens with zero attached hydrogens (tertiary/aromatic N) is 6. The van der Waals surface area contributed by atoms with Crippen molar-refractivity contribution in [3.63, 3.8) is 0 Å². The molecule has 2 rings (SSSR count). The maximum Gasteiger partial charge on any atom is 0.193 e. The highest BCUT2D eigenvalue weighted by molar-refractivity contribution is 7.11. The number of aromatic nitrogens is 4. The van der Waals surface area contributed by atoms with Gasteiger partial charge in [-0.3, -0.25) is 9.67 Å². The third kappa shape index (κ3) is 4.25. The smallest absolute Gasteiger partial charge is 0.193 e. The molecule has 1 N–H and O–H groups in total. The maximum absolute atomic E-state index is 4.36. The van der Waals surface area contributed by atoms with Crippen LogP contribution in [0.15, 0.2) is 17.5 Å². The molecular formula is C13H21N7S. The van der Waals surface area contributed by atoms with Crippen molar-refractivity contribution in [1.29, 1.82) is 0 Å². The lowest BCUT2D eigenvalue weighted by Gasteiger charge is -2.21. The first-order chi connectivity index (χ1) is 10.1. The molecule has 0 spiro atoms. The molecule has 0 bridgehead atoms. The van der Waals surface area contributed by atoms with Gasteiger partial charge < -0.3 is 10.2 Å². The van der Waals surface area contributed by atoms with E-state index in [0.717, 1.165) is 29.8 Å². The van der Waals surface area contributed by atoms with Crippen LogP contribution >= 0.6 is 11.3 Å². The predicted octanol–water partition coefficient (Wildman–Crippen LogP) is 0.830. The fourth-order valence-electron chi connectivity index (χ4n) is 1.93. The zero-order valence-corrected chi connectivity index (χ0v) is 13.7. The number of hydrogen-bond donors (Lipinski definition) is 1. The van der Waals surface area contributed by atoms with Crippen molar-refractivity contribution in [3.05, 3.63) is 28.2 Å². The van der Waals surface area contributed by atoms with Crippen molar-refractivity contribution in [3.8, 4) is 0 Å². The summed E-state index contributed by atoms with van der Waals surface area (Å²) in [7, 11) is 5.65. The van der Waals surface area contributed by atoms with Crippen LogP contribution in [-0.4, -0.2) is 51.2 Å². The van der Waals surface area contributed by atoms with E-state index < -0.39 is 0 Å². The van der Waals surface area contributed by atoms with Gasteiger partial charge in [0.15, 0.2) is 5.96 Å². The zero-order valence-electron chi connectivity index (χ0n) is 12.9. The highest BCUT2D eigenvalue weighted by Crippen LogP contribution is 2.11. The fraction of sp³-hybridized carbons (Fsp3) is 0.538. The Balaban J connectivity index is 1.83. The number of guanidine groups is 1. The van der Waals surface area contributed by atoms with E-state index in [2.05, 4.69) is 32.3 Å². The van der Waals surface area contributed by atoms with Gasteiger partial charge >= 0.3 is 0 Å². The Morgan fingerprint density at radius 1 is 1.48 bits per heavy atom. The molecule has 0 unspecified atom stereocenters. The fourth-order valence-corrected chi connectivity index (χ4v) is 2.72. The topological polar surface area (TPSA) is 71.2 Å². The van der Waals surface area contributed by atoms with Crippen LogP contribution in [0.3, 0.4) is 0 Å². The van der Waals surface area contributed by atoms with Crippen molar-refractivity contribution < 1.29 is 0 Å². The second kappa shape index (κ2) is 7.16. The Morgan fingerprint density at radius 2 is 2.29 bits per heavy atom. The normalized spacial score (nSPS) is 11.7. The van der Waals surface area contributed by atoms with Gasteiger partial charge in [0.1, 0.15) is 12.2 Å². The summed E-state index contributed by atoms with van der Waals surface area (Å²) >= 11 is 1.73. The SMILES string of the molecule is CN=C(NCCc1ncc(C)s1)N(C)Cc1ncnn1C. The average molecular weight is 307 g/mol. The van der Waals surface area contributed by atoms with Crippen molar-refractivity contribution in [2.75, 3.05) is 20.6 Å². The van der Waals surface area contributed by atoms with Gasteiger partial charge in [-0.05, 0) is 6.92 Å². The predicted molar refractivity (Wildman–Crippen MR) is 84.4 cm³/mol. The number of rotatable bonds is 5. The molecule has 0 fully saturated rings. The zero-order chi connectivity index (χ0) is 15.2. The second-order valence-corrected chi connectivity index (χ2v) is 6.06. The third-order valence-corrected chi connectivity index (χ3v) is 4.02. The van der Waals surface area contributed by atoms with Crippen LogP contribution in [0.2, 0.25) is 0 Å². The number of hydrogen-bond acceptors (Lipinski definition) is 5. The van der Waals surface area contributed by atoms with Gasteiger partial charge in [0.25, 0.3) is 0 Å². The molecule has 2 aromatic rings. The molecule has 7 nitrogen and oxygen atoms in total. The number of aryl methyl sites for hydroxylation is 2. The molecule has 21 heavy (non-hydrogen) atoms. The van der Waals surface area contributed by atoms with Crippen LogP contribution in [0.4, 0.5) is 0 Å². The van der Waals surface area contributed by atoms with Gasteiger partial charge in [-0.2, -0.15) is 5.10 Å². The minimum absolute atomic E-state index is 0.659. The van der Waals surface area contributed by atoms with E-state index in [1.807, 2.05) is 25.2 Å². The Hall–Kier alpha value is -1.96. The van der Waals surface area contributed by atoms with E-state index in [9.17, 15) is 0 Å². The van der Waals surface area contributed by atoms with Crippen molar-refractivity contribution in [2.24, 2.45) is 12.0 Å². The van der Waals surface area contributed by atoms with Crippen LogP contribution in [0.25, 0.3) is 0 Å². The van der Waals surface area contributed by atoms with Gasteiger partial charge in [0.05, 0.1) is 11.6 Å². The van der Waals surface area contributed by atoms with Gasteiger partial charge in [-0.15, -0.1) is 11.3 Å². The van der Waals surface area contributed by atoms with E-state index in [1.165, 1.54) is 4.88 Å². The van der Waals surface area contributed by atoms with E-state index in [1.54, 1.807) is 29.4 Å². The number of thiazole rings is 1. The molecule has 0 saturated carbocycles. The molecule has 0 aliphatic carbocycles. The first-order valence-corrected chi connectivity index (χ1v) is 7.57. The first-order valence-electron chi connectivity index (χ1n) is 6.76. The average Bonchev–Trinajstić information content (AvgIpc) is 3.04. The van der Waals surface area contributed by atoms with Crippen LogP contribution in [0.5, 0.6) is 0 Å². The first kappa shape index (κ1) is 15.4. The molecule has 2 heterocycles. The molecule has 0 amide bonds. The minimum atomic E-state index is 0.659. The summed E-state index contributed by atoms with van der Waals surface area (Å²) in [5.41, 5.74) is 0. The molecule has 0 radical (unpaired) electrons. The van der Waals surface area contributed by atoms with Gasteiger partial charge in [0, 0.05) is 45.2 Å². The molecule has 0 aromatic carbocycles. The monoisotopic (exact) mass is 307 g/mol. The molecule has 8 heteroatoms. The molecule has 2 aromatic heterocycles. The van der Waals surface area contributed by atoms with Gasteiger partial charge in [0.2, 0.25) is 0 Å². The summed E-state index contributed by atoms with van der Waals surface area (Å²) in [5, 5.41) is 8.56. The lowest BCUT2D eigenvalue weighted by molar-refractivity contribution is 0.449. The summed E-state index contributed by atoms with van der Waals surface area (Å²) in [4.78, 5) is 16.1. The Kier molecular flexibility index (Phi) is 5.26. The van der Waals surface area contributed by atoms with Crippen molar-refractivity contribution in [1.82, 2.24) is 30.0 Å². The van der Waals surface area contributed by atoms with Crippen LogP contribution in [0, 0.1) is 6.92 Å². The van der Waals surface area contributed by atoms with Gasteiger partial charge in [-0.1, -0.05) is 0 Å². The molecule has 0 aliphatic rings. The third-order valence-electron chi connectivity index (χ3n) is 3.05. The molecular weight excluding hydrogens is 286 g/mol. The molecule has 0 atom stereocenters. The summed E-state index contributed by atoms with van der Waals surface area (Å²) in [6.45, 7) is 3.54. The Bertz CT molecular complexity index is 601. The second-order valence-electron chi connectivity index (χ2n) is 4.74. The number of aliphatic imine (C=N–C) groups is 1. The minimum Gasteiger partial charge on any atom is -0.356 e. The van der Waals surface area contributed by atoms with E-state index in [0.29, 0.717) is 6.54 Å². The van der Waals surface area contributed by atoms with E-state index >= 15 is 0 Å². The lowest BCUT2D eigenvalue weighted by atomic mass is 10.4. The summed E-state index contributed by atoms with van der Waals surface area (Å²) in [6.07, 6.45) is 4.37. The highest BCUT2D eigenvalue weighted by atomic mass is 32.1. The standard InChI is InChI=1S/C13H21N7S/c1-10-7-16-12(21-10)5-6-15-13(14-2)19(3)8-11-17-9-18-20(11)4/h7,9H,5-6,8H2,1-4H3,(H,14,15). The Morgan fingerprint density at radius 3 is 2.86 bits per heavy atom. The molecule has 0 aliphatic heterocycles. The lowest BCUT2D eigenvalue weighted by Crippen LogP contribution is -2.39. The van der Waals surface area contributed by atoms with Crippen LogP contribution < -0.4 is 5.32 Å². The van der Waals surface area contributed by atoms with Crippen molar-refractivity contribution >= 4 is 17.3 Å². The van der Waals surface area contributed by atoms with Crippen LogP contribution in [0.1, 0.15) is 15.7 Å². The summed E-state index contributed by atoms with van der Waals surface area (Å²) in [6, 6.07) is 0. The maximum atomic E-state index is 4.36. The van der Waals surface area contributed by atoms with E-state index in [4.69, 9.17) is 0 Å². The molecule has 0 saturated heterocycles. The quantitative estimate of drug-likeness (QED) is 0.654. The largest absolute Gasteiger partial charge is 0.356 e. The van der Waals surface area contributed by atoms with Crippen molar-refractivity contribution in [2.45, 2.75) is 19.9 Å². The summed E-state index contributed by atoms with van der Waals surface area (Å²) < 4.78 is 1.77. The van der Waals surface area contributed by atoms with Crippen LogP contribution in [-0.2, 0) is 20.0 Å². The summed E-state index contributed by atoms with van der Waals surface area (Å²) in [5.74, 6) is 1.74. The highest BCUT2D eigenvalue weighted by Gasteiger charge is 2.09.